The van der Waals surface area contributed by atoms with Crippen LogP contribution in [0.25, 0.3) is 0 Å². The molecule has 0 aliphatic carbocycles. The number of aryl methyl sites for hydroxylation is 2. The van der Waals surface area contributed by atoms with Gasteiger partial charge in [0.15, 0.2) is 0 Å². The summed E-state index contributed by atoms with van der Waals surface area (Å²) in [5, 5.41) is 3.25. The molecule has 1 aromatic carbocycles. The van der Waals surface area contributed by atoms with E-state index in [1.807, 2.05) is 12.1 Å². The van der Waals surface area contributed by atoms with Crippen LogP contribution in [0.4, 0.5) is 0 Å². The smallest absolute Gasteiger partial charge is 0.240 e. The van der Waals surface area contributed by atoms with Crippen molar-refractivity contribution in [3.63, 3.8) is 0 Å². The SMILES string of the molecule is CCc1ccc(S(=O)(=O)NC2CNCCC2C)cc1CC.Cl. The third kappa shape index (κ3) is 4.44. The Balaban J connectivity index is 0.00000242. The van der Waals surface area contributed by atoms with Crippen molar-refractivity contribution in [2.24, 2.45) is 5.92 Å². The van der Waals surface area contributed by atoms with E-state index in [-0.39, 0.29) is 18.4 Å². The molecule has 6 heteroatoms. The van der Waals surface area contributed by atoms with Gasteiger partial charge in [-0.25, -0.2) is 13.1 Å². The molecule has 1 fully saturated rings. The Kier molecular flexibility index (Phi) is 7.32. The molecular formula is C16H27ClN2O2S. The van der Waals surface area contributed by atoms with Crippen LogP contribution in [0.2, 0.25) is 0 Å². The van der Waals surface area contributed by atoms with Gasteiger partial charge in [0, 0.05) is 12.6 Å². The third-order valence-electron chi connectivity index (χ3n) is 4.38. The fraction of sp³-hybridized carbons (Fsp3) is 0.625. The molecule has 126 valence electrons. The van der Waals surface area contributed by atoms with Crippen molar-refractivity contribution in [3.8, 4) is 0 Å². The van der Waals surface area contributed by atoms with Gasteiger partial charge in [-0.3, -0.25) is 0 Å². The summed E-state index contributed by atoms with van der Waals surface area (Å²) in [5.74, 6) is 0.363. The van der Waals surface area contributed by atoms with Gasteiger partial charge in [-0.1, -0.05) is 26.8 Å². The third-order valence-corrected chi connectivity index (χ3v) is 5.87. The van der Waals surface area contributed by atoms with Gasteiger partial charge in [-0.15, -0.1) is 12.4 Å². The van der Waals surface area contributed by atoms with Crippen LogP contribution >= 0.6 is 12.4 Å². The van der Waals surface area contributed by atoms with Crippen LogP contribution in [-0.4, -0.2) is 27.5 Å². The van der Waals surface area contributed by atoms with Crippen molar-refractivity contribution in [1.82, 2.24) is 10.0 Å². The molecule has 1 saturated heterocycles. The highest BCUT2D eigenvalue weighted by atomic mass is 35.5. The van der Waals surface area contributed by atoms with Crippen molar-refractivity contribution in [2.45, 2.75) is 51.0 Å². The molecule has 0 saturated carbocycles. The van der Waals surface area contributed by atoms with E-state index in [0.29, 0.717) is 17.4 Å². The summed E-state index contributed by atoms with van der Waals surface area (Å²) in [6, 6.07) is 5.46. The monoisotopic (exact) mass is 346 g/mol. The number of rotatable bonds is 5. The van der Waals surface area contributed by atoms with E-state index >= 15 is 0 Å². The standard InChI is InChI=1S/C16H26N2O2S.ClH/c1-4-13-6-7-15(10-14(13)5-2)21(19,20)18-16-11-17-9-8-12(16)3;/h6-7,10,12,16-18H,4-5,8-9,11H2,1-3H3;1H. The molecule has 0 spiro atoms. The predicted molar refractivity (Wildman–Crippen MR) is 93.2 cm³/mol. The quantitative estimate of drug-likeness (QED) is 0.861. The van der Waals surface area contributed by atoms with Crippen LogP contribution in [0.1, 0.15) is 38.3 Å². The number of piperidine rings is 1. The molecule has 1 heterocycles. The average molecular weight is 347 g/mol. The van der Waals surface area contributed by atoms with E-state index in [2.05, 4.69) is 30.8 Å². The summed E-state index contributed by atoms with van der Waals surface area (Å²) in [6.07, 6.45) is 2.79. The van der Waals surface area contributed by atoms with Gasteiger partial charge in [0.2, 0.25) is 10.0 Å². The van der Waals surface area contributed by atoms with Crippen molar-refractivity contribution in [1.29, 1.82) is 0 Å². The van der Waals surface area contributed by atoms with Crippen molar-refractivity contribution in [3.05, 3.63) is 29.3 Å². The molecule has 0 amide bonds. The first kappa shape index (κ1) is 19.4. The molecule has 2 N–H and O–H groups in total. The molecule has 1 aliphatic rings. The molecule has 0 radical (unpaired) electrons. The first-order valence-electron chi connectivity index (χ1n) is 7.82. The average Bonchev–Trinajstić information content (AvgIpc) is 2.48. The Hall–Kier alpha value is -0.620. The van der Waals surface area contributed by atoms with Crippen LogP contribution < -0.4 is 10.0 Å². The van der Waals surface area contributed by atoms with Crippen molar-refractivity contribution >= 4 is 22.4 Å². The maximum absolute atomic E-state index is 12.6. The van der Waals surface area contributed by atoms with Crippen LogP contribution in [0.3, 0.4) is 0 Å². The zero-order valence-electron chi connectivity index (χ0n) is 13.6. The number of sulfonamides is 1. The molecule has 2 unspecified atom stereocenters. The summed E-state index contributed by atoms with van der Waals surface area (Å²) < 4.78 is 28.0. The van der Waals surface area contributed by atoms with E-state index in [9.17, 15) is 8.42 Å². The highest BCUT2D eigenvalue weighted by molar-refractivity contribution is 7.89. The normalized spacial score (nSPS) is 22.1. The second kappa shape index (κ2) is 8.29. The molecule has 1 aromatic rings. The summed E-state index contributed by atoms with van der Waals surface area (Å²) in [5.41, 5.74) is 2.35. The zero-order valence-corrected chi connectivity index (χ0v) is 15.2. The molecule has 0 aromatic heterocycles. The van der Waals surface area contributed by atoms with Crippen LogP contribution in [0.15, 0.2) is 23.1 Å². The van der Waals surface area contributed by atoms with Crippen molar-refractivity contribution < 1.29 is 8.42 Å². The van der Waals surface area contributed by atoms with Crippen LogP contribution in [-0.2, 0) is 22.9 Å². The minimum Gasteiger partial charge on any atom is -0.315 e. The van der Waals surface area contributed by atoms with Gasteiger partial charge in [-0.05, 0) is 55.0 Å². The lowest BCUT2D eigenvalue weighted by Crippen LogP contribution is -2.50. The zero-order chi connectivity index (χ0) is 15.5. The van der Waals surface area contributed by atoms with E-state index in [1.165, 1.54) is 5.56 Å². The number of halogens is 1. The Morgan fingerprint density at radius 2 is 1.91 bits per heavy atom. The lowest BCUT2D eigenvalue weighted by atomic mass is 9.96. The largest absolute Gasteiger partial charge is 0.315 e. The maximum atomic E-state index is 12.6. The van der Waals surface area contributed by atoms with Crippen molar-refractivity contribution in [2.75, 3.05) is 13.1 Å². The van der Waals surface area contributed by atoms with Gasteiger partial charge in [0.25, 0.3) is 0 Å². The Bertz CT molecular complexity index is 590. The van der Waals surface area contributed by atoms with Crippen LogP contribution in [0, 0.1) is 5.92 Å². The fourth-order valence-electron chi connectivity index (χ4n) is 2.86. The fourth-order valence-corrected chi connectivity index (χ4v) is 4.25. The first-order valence-corrected chi connectivity index (χ1v) is 9.31. The van der Waals surface area contributed by atoms with Gasteiger partial charge in [0.05, 0.1) is 4.90 Å². The first-order chi connectivity index (χ1) is 9.97. The lowest BCUT2D eigenvalue weighted by molar-refractivity contribution is 0.327. The number of hydrogen-bond acceptors (Lipinski definition) is 3. The summed E-state index contributed by atoms with van der Waals surface area (Å²) >= 11 is 0. The molecule has 22 heavy (non-hydrogen) atoms. The Morgan fingerprint density at radius 1 is 1.23 bits per heavy atom. The Morgan fingerprint density at radius 3 is 2.50 bits per heavy atom. The Labute approximate surface area is 140 Å². The van der Waals surface area contributed by atoms with Gasteiger partial charge in [-0.2, -0.15) is 0 Å². The van der Waals surface area contributed by atoms with E-state index < -0.39 is 10.0 Å². The molecule has 0 bridgehead atoms. The molecular weight excluding hydrogens is 320 g/mol. The highest BCUT2D eigenvalue weighted by Gasteiger charge is 2.26. The predicted octanol–water partition coefficient (Wildman–Crippen LogP) is 2.51. The van der Waals surface area contributed by atoms with Gasteiger partial charge in [0.1, 0.15) is 0 Å². The molecule has 2 atom stereocenters. The number of nitrogens with one attached hydrogen (secondary N) is 2. The summed E-state index contributed by atoms with van der Waals surface area (Å²) in [7, 11) is -3.44. The molecule has 4 nitrogen and oxygen atoms in total. The number of hydrogen-bond donors (Lipinski definition) is 2. The highest BCUT2D eigenvalue weighted by Crippen LogP contribution is 2.19. The van der Waals surface area contributed by atoms with E-state index in [0.717, 1.165) is 31.4 Å². The molecule has 2 rings (SSSR count). The lowest BCUT2D eigenvalue weighted by Gasteiger charge is -2.30. The maximum Gasteiger partial charge on any atom is 0.240 e. The molecule has 1 aliphatic heterocycles. The second-order valence-electron chi connectivity index (χ2n) is 5.84. The minimum absolute atomic E-state index is 0. The summed E-state index contributed by atoms with van der Waals surface area (Å²) in [6.45, 7) is 7.92. The second-order valence-corrected chi connectivity index (χ2v) is 7.55. The van der Waals surface area contributed by atoms with E-state index in [1.54, 1.807) is 6.07 Å². The number of benzene rings is 1. The van der Waals surface area contributed by atoms with Crippen LogP contribution in [0.5, 0.6) is 0 Å². The van der Waals surface area contributed by atoms with Gasteiger partial charge >= 0.3 is 0 Å². The van der Waals surface area contributed by atoms with E-state index in [4.69, 9.17) is 0 Å². The topological polar surface area (TPSA) is 58.2 Å². The van der Waals surface area contributed by atoms with Gasteiger partial charge < -0.3 is 5.32 Å². The summed E-state index contributed by atoms with van der Waals surface area (Å²) in [4.78, 5) is 0.384. The minimum atomic E-state index is -3.44.